The minimum Gasteiger partial charge on any atom is -0.390 e. The van der Waals surface area contributed by atoms with Crippen LogP contribution in [-0.4, -0.2) is 23.4 Å². The molecule has 2 atom stereocenters. The third kappa shape index (κ3) is 4.26. The molecule has 0 bridgehead atoms. The van der Waals surface area contributed by atoms with Crippen molar-refractivity contribution < 1.29 is 9.84 Å². The van der Waals surface area contributed by atoms with Crippen molar-refractivity contribution in [3.8, 4) is 0 Å². The summed E-state index contributed by atoms with van der Waals surface area (Å²) < 4.78 is 6.01. The fourth-order valence-electron chi connectivity index (χ4n) is 2.95. The van der Waals surface area contributed by atoms with Gasteiger partial charge in [0.25, 0.3) is 0 Å². The van der Waals surface area contributed by atoms with Crippen LogP contribution in [0, 0.1) is 5.92 Å². The van der Waals surface area contributed by atoms with Gasteiger partial charge in [-0.05, 0) is 32.1 Å². The first kappa shape index (κ1) is 15.0. The highest BCUT2D eigenvalue weighted by Crippen LogP contribution is 2.36. The SMILES string of the molecule is CCOC1(C(O)CC(C)CC)CCCCCC1. The molecule has 1 saturated carbocycles. The van der Waals surface area contributed by atoms with Gasteiger partial charge in [0.1, 0.15) is 0 Å². The number of aliphatic hydroxyl groups is 1. The molecule has 17 heavy (non-hydrogen) atoms. The highest BCUT2D eigenvalue weighted by atomic mass is 16.5. The first-order valence-electron chi connectivity index (χ1n) is 7.46. The van der Waals surface area contributed by atoms with E-state index in [2.05, 4.69) is 13.8 Å². The number of hydrogen-bond acceptors (Lipinski definition) is 2. The van der Waals surface area contributed by atoms with Crippen LogP contribution in [0.25, 0.3) is 0 Å². The molecule has 0 aliphatic heterocycles. The summed E-state index contributed by atoms with van der Waals surface area (Å²) in [6.07, 6.45) is 8.83. The fraction of sp³-hybridized carbons (Fsp3) is 1.00. The maximum Gasteiger partial charge on any atom is 0.0940 e. The van der Waals surface area contributed by atoms with E-state index >= 15 is 0 Å². The van der Waals surface area contributed by atoms with Gasteiger partial charge in [-0.3, -0.25) is 0 Å². The maximum absolute atomic E-state index is 10.6. The predicted molar refractivity (Wildman–Crippen MR) is 72.1 cm³/mol. The Balaban J connectivity index is 2.66. The molecule has 0 spiro atoms. The molecule has 2 nitrogen and oxygen atoms in total. The van der Waals surface area contributed by atoms with E-state index in [0.29, 0.717) is 5.92 Å². The summed E-state index contributed by atoms with van der Waals surface area (Å²) in [6.45, 7) is 7.18. The second-order valence-corrected chi connectivity index (χ2v) is 5.68. The van der Waals surface area contributed by atoms with Crippen molar-refractivity contribution in [2.75, 3.05) is 6.61 Å². The average molecular weight is 242 g/mol. The van der Waals surface area contributed by atoms with E-state index in [1.165, 1.54) is 25.7 Å². The quantitative estimate of drug-likeness (QED) is 0.715. The first-order chi connectivity index (χ1) is 8.14. The van der Waals surface area contributed by atoms with Crippen molar-refractivity contribution in [3.63, 3.8) is 0 Å². The van der Waals surface area contributed by atoms with Gasteiger partial charge in [-0.2, -0.15) is 0 Å². The number of hydrogen-bond donors (Lipinski definition) is 1. The number of ether oxygens (including phenoxy) is 1. The van der Waals surface area contributed by atoms with Crippen LogP contribution in [0.5, 0.6) is 0 Å². The van der Waals surface area contributed by atoms with Gasteiger partial charge in [0.2, 0.25) is 0 Å². The van der Waals surface area contributed by atoms with Gasteiger partial charge in [-0.15, -0.1) is 0 Å². The maximum atomic E-state index is 10.6. The van der Waals surface area contributed by atoms with Crippen LogP contribution in [-0.2, 0) is 4.74 Å². The lowest BCUT2D eigenvalue weighted by Crippen LogP contribution is -2.45. The smallest absolute Gasteiger partial charge is 0.0940 e. The Morgan fingerprint density at radius 3 is 2.18 bits per heavy atom. The molecule has 0 saturated heterocycles. The van der Waals surface area contributed by atoms with Gasteiger partial charge < -0.3 is 9.84 Å². The van der Waals surface area contributed by atoms with Gasteiger partial charge in [-0.1, -0.05) is 46.0 Å². The Bertz CT molecular complexity index is 195. The monoisotopic (exact) mass is 242 g/mol. The summed E-state index contributed by atoms with van der Waals surface area (Å²) in [5.41, 5.74) is -0.241. The highest BCUT2D eigenvalue weighted by Gasteiger charge is 2.39. The lowest BCUT2D eigenvalue weighted by molar-refractivity contribution is -0.134. The van der Waals surface area contributed by atoms with Crippen LogP contribution in [0.1, 0.15) is 72.1 Å². The van der Waals surface area contributed by atoms with Crippen molar-refractivity contribution in [2.24, 2.45) is 5.92 Å². The topological polar surface area (TPSA) is 29.5 Å². The summed E-state index contributed by atoms with van der Waals surface area (Å²) in [6, 6.07) is 0. The van der Waals surface area contributed by atoms with Crippen molar-refractivity contribution in [3.05, 3.63) is 0 Å². The molecule has 1 fully saturated rings. The summed E-state index contributed by atoms with van der Waals surface area (Å²) in [7, 11) is 0. The molecule has 102 valence electrons. The summed E-state index contributed by atoms with van der Waals surface area (Å²) in [5, 5.41) is 10.6. The fourth-order valence-corrected chi connectivity index (χ4v) is 2.95. The van der Waals surface area contributed by atoms with E-state index in [1.807, 2.05) is 6.92 Å². The first-order valence-corrected chi connectivity index (χ1v) is 7.46. The van der Waals surface area contributed by atoms with Crippen LogP contribution >= 0.6 is 0 Å². The molecule has 1 rings (SSSR count). The Morgan fingerprint density at radius 1 is 1.12 bits per heavy atom. The minimum atomic E-state index is -0.282. The molecule has 0 aromatic carbocycles. The van der Waals surface area contributed by atoms with Crippen molar-refractivity contribution in [1.29, 1.82) is 0 Å². The van der Waals surface area contributed by atoms with Crippen LogP contribution in [0.2, 0.25) is 0 Å². The molecular formula is C15H30O2. The zero-order valence-corrected chi connectivity index (χ0v) is 11.9. The molecule has 0 aromatic heterocycles. The third-order valence-corrected chi connectivity index (χ3v) is 4.31. The summed E-state index contributed by atoms with van der Waals surface area (Å²) in [4.78, 5) is 0. The molecule has 1 aliphatic carbocycles. The van der Waals surface area contributed by atoms with Gasteiger partial charge in [0.15, 0.2) is 0 Å². The second-order valence-electron chi connectivity index (χ2n) is 5.68. The normalized spacial score (nSPS) is 24.0. The molecule has 0 amide bonds. The Hall–Kier alpha value is -0.0800. The van der Waals surface area contributed by atoms with Gasteiger partial charge >= 0.3 is 0 Å². The molecule has 0 aromatic rings. The van der Waals surface area contributed by atoms with E-state index < -0.39 is 0 Å². The highest BCUT2D eigenvalue weighted by molar-refractivity contribution is 4.90. The lowest BCUT2D eigenvalue weighted by atomic mass is 9.83. The van der Waals surface area contributed by atoms with Crippen LogP contribution < -0.4 is 0 Å². The van der Waals surface area contributed by atoms with E-state index in [1.54, 1.807) is 0 Å². The molecule has 1 N–H and O–H groups in total. The predicted octanol–water partition coefficient (Wildman–Crippen LogP) is 3.91. The zero-order valence-electron chi connectivity index (χ0n) is 11.9. The van der Waals surface area contributed by atoms with Crippen molar-refractivity contribution in [2.45, 2.75) is 83.8 Å². The summed E-state index contributed by atoms with van der Waals surface area (Å²) in [5.74, 6) is 0.589. The Kier molecular flexibility index (Phi) is 6.50. The minimum absolute atomic E-state index is 0.241. The van der Waals surface area contributed by atoms with Crippen molar-refractivity contribution >= 4 is 0 Å². The second kappa shape index (κ2) is 7.38. The van der Waals surface area contributed by atoms with E-state index in [9.17, 15) is 5.11 Å². The van der Waals surface area contributed by atoms with Crippen LogP contribution in [0.4, 0.5) is 0 Å². The molecule has 0 heterocycles. The molecule has 1 aliphatic rings. The number of rotatable bonds is 6. The van der Waals surface area contributed by atoms with E-state index in [-0.39, 0.29) is 11.7 Å². The van der Waals surface area contributed by atoms with Gasteiger partial charge in [0, 0.05) is 6.61 Å². The Labute approximate surface area is 107 Å². The van der Waals surface area contributed by atoms with Crippen LogP contribution in [0.3, 0.4) is 0 Å². The standard InChI is InChI=1S/C15H30O2/c1-4-13(3)12-14(16)15(17-5-2)10-8-6-7-9-11-15/h13-14,16H,4-12H2,1-3H3. The van der Waals surface area contributed by atoms with Crippen molar-refractivity contribution in [1.82, 2.24) is 0 Å². The molecule has 0 radical (unpaired) electrons. The van der Waals surface area contributed by atoms with Gasteiger partial charge in [0.05, 0.1) is 11.7 Å². The molecule has 2 unspecified atom stereocenters. The molecular weight excluding hydrogens is 212 g/mol. The lowest BCUT2D eigenvalue weighted by Gasteiger charge is -2.38. The van der Waals surface area contributed by atoms with Crippen LogP contribution in [0.15, 0.2) is 0 Å². The Morgan fingerprint density at radius 2 is 1.71 bits per heavy atom. The molecule has 2 heteroatoms. The summed E-state index contributed by atoms with van der Waals surface area (Å²) >= 11 is 0. The van der Waals surface area contributed by atoms with E-state index in [0.717, 1.165) is 32.3 Å². The average Bonchev–Trinajstić information content (AvgIpc) is 2.56. The zero-order chi connectivity index (χ0) is 12.7. The number of aliphatic hydroxyl groups excluding tert-OH is 1. The van der Waals surface area contributed by atoms with Gasteiger partial charge in [-0.25, -0.2) is 0 Å². The third-order valence-electron chi connectivity index (χ3n) is 4.31. The van der Waals surface area contributed by atoms with E-state index in [4.69, 9.17) is 4.74 Å². The largest absolute Gasteiger partial charge is 0.390 e.